The van der Waals surface area contributed by atoms with Gasteiger partial charge in [-0.2, -0.15) is 0 Å². The van der Waals surface area contributed by atoms with Crippen LogP contribution in [0.1, 0.15) is 0 Å². The third-order valence-corrected chi connectivity index (χ3v) is 9.82. The molecule has 9 rings (SSSR count). The first-order valence-corrected chi connectivity index (χ1v) is 16.0. The molecule has 0 spiro atoms. The predicted octanol–water partition coefficient (Wildman–Crippen LogP) is 11.8. The SMILES string of the molecule is c1ccc(-c2nc(-c3ccc4ccccc4c3)c3ccc(-c4ccc(-c5cccc6sc7ccccc7c56)cc4)cc3n2)cc1. The molecule has 0 saturated carbocycles. The van der Waals surface area contributed by atoms with E-state index in [0.717, 1.165) is 44.7 Å². The number of nitrogens with zero attached hydrogens (tertiary/aromatic N) is 2. The molecular weight excluding hydrogens is 565 g/mol. The van der Waals surface area contributed by atoms with Crippen LogP contribution in [0.15, 0.2) is 158 Å². The van der Waals surface area contributed by atoms with E-state index in [2.05, 4.69) is 140 Å². The monoisotopic (exact) mass is 590 g/mol. The lowest BCUT2D eigenvalue weighted by Crippen LogP contribution is -1.95. The zero-order valence-electron chi connectivity index (χ0n) is 24.3. The van der Waals surface area contributed by atoms with Gasteiger partial charge in [-0.15, -0.1) is 11.3 Å². The van der Waals surface area contributed by atoms with Gasteiger partial charge >= 0.3 is 0 Å². The van der Waals surface area contributed by atoms with Gasteiger partial charge in [0.25, 0.3) is 0 Å². The van der Waals surface area contributed by atoms with E-state index in [1.165, 1.54) is 42.1 Å². The summed E-state index contributed by atoms with van der Waals surface area (Å²) in [4.78, 5) is 10.2. The fourth-order valence-corrected chi connectivity index (χ4v) is 7.57. The second-order valence-corrected chi connectivity index (χ2v) is 12.5. The summed E-state index contributed by atoms with van der Waals surface area (Å²) in [5, 5.41) is 6.12. The largest absolute Gasteiger partial charge is 0.228 e. The first-order valence-electron chi connectivity index (χ1n) is 15.2. The molecule has 0 amide bonds. The summed E-state index contributed by atoms with van der Waals surface area (Å²) < 4.78 is 2.65. The maximum Gasteiger partial charge on any atom is 0.160 e. The second kappa shape index (κ2) is 10.5. The molecule has 0 bridgehead atoms. The number of fused-ring (bicyclic) bond motifs is 5. The number of hydrogen-bond donors (Lipinski definition) is 0. The van der Waals surface area contributed by atoms with Crippen molar-refractivity contribution in [3.63, 3.8) is 0 Å². The van der Waals surface area contributed by atoms with E-state index >= 15 is 0 Å². The summed E-state index contributed by atoms with van der Waals surface area (Å²) in [6.07, 6.45) is 0. The summed E-state index contributed by atoms with van der Waals surface area (Å²) in [6.45, 7) is 0. The minimum absolute atomic E-state index is 0.731. The molecule has 0 unspecified atom stereocenters. The van der Waals surface area contributed by atoms with Crippen LogP contribution in [0, 0.1) is 0 Å². The number of benzene rings is 7. The van der Waals surface area contributed by atoms with Crippen LogP contribution in [0.25, 0.3) is 86.7 Å². The van der Waals surface area contributed by atoms with Gasteiger partial charge in [-0.25, -0.2) is 9.97 Å². The van der Waals surface area contributed by atoms with E-state index in [1.54, 1.807) is 0 Å². The topological polar surface area (TPSA) is 25.8 Å². The number of thiophene rings is 1. The van der Waals surface area contributed by atoms with Crippen molar-refractivity contribution in [1.82, 2.24) is 9.97 Å². The normalized spacial score (nSPS) is 11.6. The number of aromatic nitrogens is 2. The zero-order chi connectivity index (χ0) is 29.7. The van der Waals surface area contributed by atoms with Crippen LogP contribution in [0.5, 0.6) is 0 Å². The number of hydrogen-bond acceptors (Lipinski definition) is 3. The highest BCUT2D eigenvalue weighted by Gasteiger charge is 2.14. The minimum Gasteiger partial charge on any atom is -0.228 e. The maximum absolute atomic E-state index is 5.13. The van der Waals surface area contributed by atoms with Gasteiger partial charge in [-0.05, 0) is 63.4 Å². The van der Waals surface area contributed by atoms with E-state index < -0.39 is 0 Å². The molecule has 9 aromatic rings. The molecule has 45 heavy (non-hydrogen) atoms. The molecule has 0 aliphatic carbocycles. The third-order valence-electron chi connectivity index (χ3n) is 8.68. The summed E-state index contributed by atoms with van der Waals surface area (Å²) >= 11 is 1.86. The van der Waals surface area contributed by atoms with Gasteiger partial charge in [0, 0.05) is 36.7 Å². The molecule has 0 saturated heterocycles. The first kappa shape index (κ1) is 25.8. The summed E-state index contributed by atoms with van der Waals surface area (Å²) in [6, 6.07) is 56.2. The van der Waals surface area contributed by atoms with Crippen LogP contribution in [0.2, 0.25) is 0 Å². The van der Waals surface area contributed by atoms with E-state index in [4.69, 9.17) is 9.97 Å². The van der Waals surface area contributed by atoms with Crippen molar-refractivity contribution in [2.45, 2.75) is 0 Å². The Morgan fingerprint density at radius 2 is 1.11 bits per heavy atom. The van der Waals surface area contributed by atoms with Crippen molar-refractivity contribution < 1.29 is 0 Å². The Balaban J connectivity index is 1.16. The Bertz CT molecular complexity index is 2530. The summed E-state index contributed by atoms with van der Waals surface area (Å²) in [7, 11) is 0. The molecular formula is C42H26N2S. The average molecular weight is 591 g/mol. The van der Waals surface area contributed by atoms with Crippen LogP contribution in [0.3, 0.4) is 0 Å². The van der Waals surface area contributed by atoms with Crippen molar-refractivity contribution in [3.8, 4) is 44.9 Å². The quantitative estimate of drug-likeness (QED) is 0.204. The lowest BCUT2D eigenvalue weighted by atomic mass is 9.96. The highest BCUT2D eigenvalue weighted by molar-refractivity contribution is 7.25. The van der Waals surface area contributed by atoms with Gasteiger partial charge in [0.15, 0.2) is 5.82 Å². The molecule has 0 aliphatic heterocycles. The Morgan fingerprint density at radius 3 is 2.00 bits per heavy atom. The second-order valence-electron chi connectivity index (χ2n) is 11.4. The molecule has 2 nitrogen and oxygen atoms in total. The van der Waals surface area contributed by atoms with Crippen LogP contribution in [-0.2, 0) is 0 Å². The fraction of sp³-hybridized carbons (Fsp3) is 0. The van der Waals surface area contributed by atoms with Crippen LogP contribution >= 0.6 is 11.3 Å². The van der Waals surface area contributed by atoms with Crippen LogP contribution in [-0.4, -0.2) is 9.97 Å². The molecule has 0 fully saturated rings. The predicted molar refractivity (Wildman–Crippen MR) is 192 cm³/mol. The maximum atomic E-state index is 5.13. The van der Waals surface area contributed by atoms with Gasteiger partial charge in [-0.1, -0.05) is 127 Å². The molecule has 0 radical (unpaired) electrons. The molecule has 3 heteroatoms. The third kappa shape index (κ3) is 4.48. The Morgan fingerprint density at radius 1 is 0.400 bits per heavy atom. The Labute approximate surface area is 264 Å². The lowest BCUT2D eigenvalue weighted by molar-refractivity contribution is 1.23. The van der Waals surface area contributed by atoms with E-state index in [0.29, 0.717) is 0 Å². The molecule has 7 aromatic carbocycles. The van der Waals surface area contributed by atoms with E-state index in [-0.39, 0.29) is 0 Å². The van der Waals surface area contributed by atoms with Crippen molar-refractivity contribution in [3.05, 3.63) is 158 Å². The van der Waals surface area contributed by atoms with Gasteiger partial charge in [0.05, 0.1) is 11.2 Å². The highest BCUT2D eigenvalue weighted by atomic mass is 32.1. The smallest absolute Gasteiger partial charge is 0.160 e. The van der Waals surface area contributed by atoms with E-state index in [9.17, 15) is 0 Å². The summed E-state index contributed by atoms with van der Waals surface area (Å²) in [5.74, 6) is 0.731. The summed E-state index contributed by atoms with van der Waals surface area (Å²) in [5.41, 5.74) is 8.77. The Hall–Kier alpha value is -5.64. The Kier molecular flexibility index (Phi) is 6.03. The van der Waals surface area contributed by atoms with Gasteiger partial charge < -0.3 is 0 Å². The molecule has 0 N–H and O–H groups in total. The van der Waals surface area contributed by atoms with Crippen LogP contribution in [0.4, 0.5) is 0 Å². The molecule has 2 aromatic heterocycles. The molecule has 0 atom stereocenters. The fourth-order valence-electron chi connectivity index (χ4n) is 6.44. The van der Waals surface area contributed by atoms with Crippen molar-refractivity contribution in [2.75, 3.05) is 0 Å². The minimum atomic E-state index is 0.731. The number of rotatable bonds is 4. The first-order chi connectivity index (χ1) is 22.3. The van der Waals surface area contributed by atoms with Gasteiger partial charge in [0.1, 0.15) is 0 Å². The zero-order valence-corrected chi connectivity index (χ0v) is 25.1. The average Bonchev–Trinajstić information content (AvgIpc) is 3.50. The van der Waals surface area contributed by atoms with Crippen molar-refractivity contribution in [2.24, 2.45) is 0 Å². The van der Waals surface area contributed by atoms with Crippen molar-refractivity contribution >= 4 is 53.2 Å². The molecule has 210 valence electrons. The highest BCUT2D eigenvalue weighted by Crippen LogP contribution is 2.40. The standard InChI is InChI=1S/C42H26N2S/c1-2-10-30(11-3-1)42-43-37-26-32(23-24-35(37)41(44-42)33-22-19-27-9-4-5-12-31(27)25-33)28-17-20-29(21-18-28)34-14-8-16-39-40(34)36-13-6-7-15-38(36)45-39/h1-26H. The van der Waals surface area contributed by atoms with Crippen molar-refractivity contribution in [1.29, 1.82) is 0 Å². The van der Waals surface area contributed by atoms with Crippen LogP contribution < -0.4 is 0 Å². The lowest BCUT2D eigenvalue weighted by Gasteiger charge is -2.12. The van der Waals surface area contributed by atoms with Gasteiger partial charge in [0.2, 0.25) is 0 Å². The molecule has 0 aliphatic rings. The van der Waals surface area contributed by atoms with Gasteiger partial charge in [-0.3, -0.25) is 0 Å². The van der Waals surface area contributed by atoms with E-state index in [1.807, 2.05) is 29.5 Å². The molecule has 2 heterocycles.